The summed E-state index contributed by atoms with van der Waals surface area (Å²) >= 11 is 0. The third-order valence-corrected chi connectivity index (χ3v) is 17.0. The van der Waals surface area contributed by atoms with E-state index in [1.165, 1.54) is 55.8 Å². The van der Waals surface area contributed by atoms with Crippen molar-refractivity contribution in [2.45, 2.75) is 112 Å². The van der Waals surface area contributed by atoms with Crippen LogP contribution < -0.4 is 14.5 Å². The van der Waals surface area contributed by atoms with Gasteiger partial charge in [0.25, 0.3) is 0 Å². The van der Waals surface area contributed by atoms with Gasteiger partial charge in [0.05, 0.1) is 33.5 Å². The predicted octanol–water partition coefficient (Wildman–Crippen LogP) is 21.6. The molecule has 83 heavy (non-hydrogen) atoms. The molecule has 12 aromatic rings. The first kappa shape index (κ1) is 53.4. The zero-order valence-corrected chi connectivity index (χ0v) is 50.4. The van der Waals surface area contributed by atoms with Crippen molar-refractivity contribution < 1.29 is 9.15 Å². The molecule has 414 valence electrons. The number of anilines is 4. The molecule has 6 heteroatoms. The molecule has 9 aromatic carbocycles. The first-order valence-electron chi connectivity index (χ1n) is 29.4. The number of rotatable bonds is 8. The lowest BCUT2D eigenvalue weighted by atomic mass is 9.79. The van der Waals surface area contributed by atoms with Gasteiger partial charge in [-0.1, -0.05) is 192 Å². The average molecular weight is 1090 g/mol. The third kappa shape index (κ3) is 9.62. The molecule has 4 heterocycles. The topological polar surface area (TPSA) is 46.7 Å². The quantitative estimate of drug-likeness (QED) is 0.152. The van der Waals surface area contributed by atoms with E-state index in [2.05, 4.69) is 299 Å². The summed E-state index contributed by atoms with van der Waals surface area (Å²) in [5.74, 6) is 2.32. The summed E-state index contributed by atoms with van der Waals surface area (Å²) in [6, 6.07) is 70.9. The van der Waals surface area contributed by atoms with Gasteiger partial charge < -0.3 is 19.0 Å². The second kappa shape index (κ2) is 19.7. The second-order valence-electron chi connectivity index (χ2n) is 27.1. The summed E-state index contributed by atoms with van der Waals surface area (Å²) in [6.07, 6.45) is 2.07. The minimum absolute atomic E-state index is 0.0156. The van der Waals surface area contributed by atoms with E-state index in [9.17, 15) is 0 Å². The zero-order valence-electron chi connectivity index (χ0n) is 50.4. The largest absolute Gasteiger partial charge is 0.457 e. The van der Waals surface area contributed by atoms with Crippen molar-refractivity contribution in [3.63, 3.8) is 0 Å². The number of ether oxygens (including phenoxy) is 1. The van der Waals surface area contributed by atoms with E-state index in [0.29, 0.717) is 6.67 Å². The number of hydrogen-bond donors (Lipinski definition) is 0. The van der Waals surface area contributed by atoms with Crippen LogP contribution in [0.4, 0.5) is 22.7 Å². The molecule has 0 aliphatic carbocycles. The minimum atomic E-state index is -0.191. The van der Waals surface area contributed by atoms with Crippen molar-refractivity contribution in [3.8, 4) is 50.7 Å². The zero-order chi connectivity index (χ0) is 57.9. The molecule has 0 saturated heterocycles. The van der Waals surface area contributed by atoms with Crippen LogP contribution in [0.15, 0.2) is 205 Å². The number of pyridine rings is 1. The smallest absolute Gasteiger partial charge is 0.145 e. The molecule has 1 aliphatic heterocycles. The summed E-state index contributed by atoms with van der Waals surface area (Å²) in [4.78, 5) is 10.3. The fourth-order valence-electron chi connectivity index (χ4n) is 12.2. The van der Waals surface area contributed by atoms with E-state index in [1.54, 1.807) is 0 Å². The SMILES string of the molecule is Cc1cc(-n2c3cc(Oc4cc(N5CN(c6c(-c7ccccc7)cc(C(C)(C)C)cc6-c6ccccc6)c6ccccc65)cc(C(C)(C)C)c4)ccc3c3c4oc5ccccc5c4ccc32)ncc1-c1cc(C(C)(C)C)cc(C(C)(C)C)c1. The Hall–Kier alpha value is -8.87. The molecule has 0 bridgehead atoms. The first-order valence-corrected chi connectivity index (χ1v) is 29.4. The van der Waals surface area contributed by atoms with Crippen molar-refractivity contribution in [1.29, 1.82) is 0 Å². The molecular weight excluding hydrogens is 1010 g/mol. The van der Waals surface area contributed by atoms with Gasteiger partial charge in [0, 0.05) is 56.9 Å². The van der Waals surface area contributed by atoms with E-state index < -0.39 is 0 Å². The lowest BCUT2D eigenvalue weighted by Gasteiger charge is -2.30. The van der Waals surface area contributed by atoms with Crippen LogP contribution in [-0.4, -0.2) is 16.2 Å². The molecule has 0 radical (unpaired) electrons. The fourth-order valence-corrected chi connectivity index (χ4v) is 12.2. The van der Waals surface area contributed by atoms with E-state index >= 15 is 0 Å². The molecular formula is C77H74N4O2. The first-order chi connectivity index (χ1) is 39.6. The molecule has 0 saturated carbocycles. The molecule has 0 spiro atoms. The van der Waals surface area contributed by atoms with Gasteiger partial charge >= 0.3 is 0 Å². The van der Waals surface area contributed by atoms with Crippen molar-refractivity contribution in [2.24, 2.45) is 0 Å². The number of nitrogens with zero attached hydrogens (tertiary/aromatic N) is 4. The van der Waals surface area contributed by atoms with Crippen LogP contribution in [0.25, 0.3) is 82.9 Å². The van der Waals surface area contributed by atoms with E-state index in [4.69, 9.17) is 14.1 Å². The third-order valence-electron chi connectivity index (χ3n) is 17.0. The number of para-hydroxylation sites is 3. The molecule has 3 aromatic heterocycles. The maximum Gasteiger partial charge on any atom is 0.145 e. The Bertz CT molecular complexity index is 4400. The van der Waals surface area contributed by atoms with Gasteiger partial charge in [-0.25, -0.2) is 4.98 Å². The Balaban J connectivity index is 0.948. The highest BCUT2D eigenvalue weighted by Crippen LogP contribution is 2.52. The van der Waals surface area contributed by atoms with Crippen LogP contribution in [0.2, 0.25) is 0 Å². The maximum atomic E-state index is 7.22. The number of fused-ring (bicyclic) bond motifs is 8. The standard InChI is InChI=1S/C77H74N4O2/c1-48-36-70(78-46-64(48)51-37-52(74(2,3)4)39-53(38-51)75(5,6)7)81-67-35-34-60-59-28-20-23-31-69(59)83-73(60)71(67)61-33-32-57(45-68(61)81)82-58-41-54(76(8,9)10)40-56(44-58)79-47-80(66-30-22-21-29-65(66)79)72-62(49-24-16-14-17-25-49)42-55(77(11,12)13)43-63(72)50-26-18-15-19-27-50/h14-46H,47H2,1-13H3. The molecule has 0 atom stereocenters. The van der Waals surface area contributed by atoms with E-state index in [0.717, 1.165) is 89.3 Å². The summed E-state index contributed by atoms with van der Waals surface area (Å²) in [5, 5.41) is 4.29. The van der Waals surface area contributed by atoms with Crippen LogP contribution in [0.5, 0.6) is 11.5 Å². The van der Waals surface area contributed by atoms with Crippen LogP contribution in [-0.2, 0) is 21.7 Å². The number of aromatic nitrogens is 2. The number of aryl methyl sites for hydroxylation is 1. The van der Waals surface area contributed by atoms with Crippen molar-refractivity contribution in [3.05, 3.63) is 228 Å². The van der Waals surface area contributed by atoms with Crippen LogP contribution >= 0.6 is 0 Å². The lowest BCUT2D eigenvalue weighted by molar-refractivity contribution is 0.479. The van der Waals surface area contributed by atoms with Crippen LogP contribution in [0, 0.1) is 6.92 Å². The predicted molar refractivity (Wildman–Crippen MR) is 350 cm³/mol. The van der Waals surface area contributed by atoms with Crippen molar-refractivity contribution in [2.75, 3.05) is 16.5 Å². The normalized spacial score (nSPS) is 13.3. The highest BCUT2D eigenvalue weighted by atomic mass is 16.5. The van der Waals surface area contributed by atoms with Gasteiger partial charge in [-0.3, -0.25) is 4.57 Å². The Morgan fingerprint density at radius 1 is 0.434 bits per heavy atom. The molecule has 1 aliphatic rings. The van der Waals surface area contributed by atoms with Gasteiger partial charge in [-0.2, -0.15) is 0 Å². The highest BCUT2D eigenvalue weighted by Gasteiger charge is 2.34. The Morgan fingerprint density at radius 3 is 1.60 bits per heavy atom. The van der Waals surface area contributed by atoms with Gasteiger partial charge in [0.1, 0.15) is 35.2 Å². The second-order valence-corrected chi connectivity index (χ2v) is 27.1. The maximum absolute atomic E-state index is 7.22. The summed E-state index contributed by atoms with van der Waals surface area (Å²) in [7, 11) is 0. The molecule has 13 rings (SSSR count). The van der Waals surface area contributed by atoms with Gasteiger partial charge in [0.15, 0.2) is 0 Å². The fraction of sp³-hybridized carbons (Fsp3) is 0.234. The Kier molecular flexibility index (Phi) is 12.7. The van der Waals surface area contributed by atoms with E-state index in [1.807, 2.05) is 6.07 Å². The Morgan fingerprint density at radius 2 is 0.988 bits per heavy atom. The number of hydrogen-bond acceptors (Lipinski definition) is 5. The average Bonchev–Trinajstić information content (AvgIpc) is 3.54. The molecule has 0 N–H and O–H groups in total. The van der Waals surface area contributed by atoms with Crippen LogP contribution in [0.1, 0.15) is 111 Å². The number of benzene rings is 9. The van der Waals surface area contributed by atoms with Crippen LogP contribution in [0.3, 0.4) is 0 Å². The summed E-state index contributed by atoms with van der Waals surface area (Å²) < 4.78 is 16.3. The number of furan rings is 1. The monoisotopic (exact) mass is 1090 g/mol. The Labute approximate surface area is 489 Å². The lowest BCUT2D eigenvalue weighted by Crippen LogP contribution is -2.26. The van der Waals surface area contributed by atoms with Crippen molar-refractivity contribution in [1.82, 2.24) is 9.55 Å². The highest BCUT2D eigenvalue weighted by molar-refractivity contribution is 6.24. The summed E-state index contributed by atoms with van der Waals surface area (Å²) in [5.41, 5.74) is 21.3. The summed E-state index contributed by atoms with van der Waals surface area (Å²) in [6.45, 7) is 30.3. The molecule has 0 unspecified atom stereocenters. The molecule has 6 nitrogen and oxygen atoms in total. The van der Waals surface area contributed by atoms with Gasteiger partial charge in [-0.05, 0) is 146 Å². The molecule has 0 amide bonds. The van der Waals surface area contributed by atoms with Crippen molar-refractivity contribution >= 4 is 66.5 Å². The minimum Gasteiger partial charge on any atom is -0.457 e. The van der Waals surface area contributed by atoms with Gasteiger partial charge in [-0.15, -0.1) is 0 Å². The molecule has 0 fully saturated rings. The van der Waals surface area contributed by atoms with E-state index in [-0.39, 0.29) is 21.7 Å². The van der Waals surface area contributed by atoms with Gasteiger partial charge in [0.2, 0.25) is 0 Å².